The summed E-state index contributed by atoms with van der Waals surface area (Å²) in [4.78, 5) is 4.15. The lowest BCUT2D eigenvalue weighted by atomic mass is 9.99. The number of aryl methyl sites for hydroxylation is 1. The van der Waals surface area contributed by atoms with Crippen molar-refractivity contribution < 1.29 is 0 Å². The van der Waals surface area contributed by atoms with Crippen molar-refractivity contribution in [3.05, 3.63) is 54.1 Å². The molecule has 2 aromatic rings. The number of thioether (sulfide) groups is 2. The first-order valence-corrected chi connectivity index (χ1v) is 9.96. The van der Waals surface area contributed by atoms with Crippen LogP contribution >= 0.6 is 23.5 Å². The first-order valence-electron chi connectivity index (χ1n) is 7.99. The fourth-order valence-electron chi connectivity index (χ4n) is 2.88. The SMILES string of the molecule is CC(C)c1ccc(CC2(CCn3ccnc3)SCCS2)cc1. The highest BCUT2D eigenvalue weighted by atomic mass is 32.2. The van der Waals surface area contributed by atoms with Crippen LogP contribution in [0.15, 0.2) is 43.0 Å². The molecule has 0 bridgehead atoms. The third kappa shape index (κ3) is 3.90. The number of benzene rings is 1. The molecule has 1 aliphatic rings. The highest BCUT2D eigenvalue weighted by molar-refractivity contribution is 8.21. The van der Waals surface area contributed by atoms with Gasteiger partial charge in [-0.2, -0.15) is 0 Å². The van der Waals surface area contributed by atoms with E-state index in [0.29, 0.717) is 10.00 Å². The smallest absolute Gasteiger partial charge is 0.0945 e. The number of imidazole rings is 1. The summed E-state index contributed by atoms with van der Waals surface area (Å²) in [6, 6.07) is 9.25. The first-order chi connectivity index (χ1) is 10.7. The van der Waals surface area contributed by atoms with Crippen molar-refractivity contribution >= 4 is 23.5 Å². The van der Waals surface area contributed by atoms with Crippen molar-refractivity contribution in [2.75, 3.05) is 11.5 Å². The van der Waals surface area contributed by atoms with Crippen LogP contribution in [0.2, 0.25) is 0 Å². The molecule has 0 radical (unpaired) electrons. The van der Waals surface area contributed by atoms with Gasteiger partial charge in [0.15, 0.2) is 0 Å². The summed E-state index contributed by atoms with van der Waals surface area (Å²) >= 11 is 4.29. The van der Waals surface area contributed by atoms with Crippen molar-refractivity contribution in [2.24, 2.45) is 0 Å². The van der Waals surface area contributed by atoms with Crippen LogP contribution in [0.5, 0.6) is 0 Å². The zero-order chi connectivity index (χ0) is 15.4. The largest absolute Gasteiger partial charge is 0.337 e. The molecule has 0 spiro atoms. The van der Waals surface area contributed by atoms with Crippen LogP contribution in [-0.4, -0.2) is 25.1 Å². The molecule has 0 saturated carbocycles. The van der Waals surface area contributed by atoms with Crippen molar-refractivity contribution in [2.45, 2.75) is 43.2 Å². The molecule has 1 fully saturated rings. The van der Waals surface area contributed by atoms with E-state index in [2.05, 4.69) is 77.4 Å². The summed E-state index contributed by atoms with van der Waals surface area (Å²) in [7, 11) is 0. The zero-order valence-electron chi connectivity index (χ0n) is 13.4. The summed E-state index contributed by atoms with van der Waals surface area (Å²) in [5.41, 5.74) is 2.90. The molecule has 1 aromatic heterocycles. The van der Waals surface area contributed by atoms with E-state index in [1.54, 1.807) is 0 Å². The Hall–Kier alpha value is -0.870. The minimum atomic E-state index is 0.337. The molecule has 3 rings (SSSR count). The second-order valence-electron chi connectivity index (χ2n) is 6.23. The summed E-state index contributed by atoms with van der Waals surface area (Å²) in [6.07, 6.45) is 8.22. The number of nitrogens with zero attached hydrogens (tertiary/aromatic N) is 2. The van der Waals surface area contributed by atoms with Crippen LogP contribution in [0.1, 0.15) is 37.3 Å². The van der Waals surface area contributed by atoms with Gasteiger partial charge in [0.05, 0.1) is 10.4 Å². The lowest BCUT2D eigenvalue weighted by Crippen LogP contribution is -2.23. The van der Waals surface area contributed by atoms with Gasteiger partial charge in [-0.15, -0.1) is 23.5 Å². The Morgan fingerprint density at radius 2 is 1.91 bits per heavy atom. The van der Waals surface area contributed by atoms with E-state index in [0.717, 1.165) is 13.0 Å². The van der Waals surface area contributed by atoms with Gasteiger partial charge in [0.2, 0.25) is 0 Å². The molecule has 0 amide bonds. The van der Waals surface area contributed by atoms with Crippen LogP contribution in [0.4, 0.5) is 0 Å². The molecule has 0 aliphatic carbocycles. The van der Waals surface area contributed by atoms with E-state index < -0.39 is 0 Å². The molecular formula is C18H24N2S2. The van der Waals surface area contributed by atoms with Crippen LogP contribution < -0.4 is 0 Å². The average molecular weight is 333 g/mol. The molecule has 1 saturated heterocycles. The van der Waals surface area contributed by atoms with Gasteiger partial charge in [0.1, 0.15) is 0 Å². The van der Waals surface area contributed by atoms with Crippen molar-refractivity contribution in [1.29, 1.82) is 0 Å². The standard InChI is InChI=1S/C18H24N2S2/c1-15(2)17-5-3-16(4-6-17)13-18(21-11-12-22-18)7-9-20-10-8-19-14-20/h3-6,8,10,14-15H,7,9,11-13H2,1-2H3. The lowest BCUT2D eigenvalue weighted by molar-refractivity contribution is 0.597. The Bertz CT molecular complexity index is 570. The predicted octanol–water partition coefficient (Wildman–Crippen LogP) is 4.82. The summed E-state index contributed by atoms with van der Waals surface area (Å²) in [5, 5.41) is 0. The maximum atomic E-state index is 4.15. The fourth-order valence-corrected chi connectivity index (χ4v) is 6.13. The fraction of sp³-hybridized carbons (Fsp3) is 0.500. The Morgan fingerprint density at radius 3 is 2.50 bits per heavy atom. The molecule has 0 N–H and O–H groups in total. The Labute approximate surface area is 142 Å². The quantitative estimate of drug-likeness (QED) is 0.755. The van der Waals surface area contributed by atoms with E-state index in [1.165, 1.54) is 29.1 Å². The first kappa shape index (κ1) is 16.0. The third-order valence-corrected chi connectivity index (χ3v) is 7.77. The van der Waals surface area contributed by atoms with Gasteiger partial charge in [-0.05, 0) is 29.9 Å². The molecule has 0 atom stereocenters. The van der Waals surface area contributed by atoms with Gasteiger partial charge >= 0.3 is 0 Å². The Balaban J connectivity index is 1.68. The third-order valence-electron chi connectivity index (χ3n) is 4.24. The summed E-state index contributed by atoms with van der Waals surface area (Å²) in [5.74, 6) is 3.16. The second kappa shape index (κ2) is 7.14. The van der Waals surface area contributed by atoms with Crippen LogP contribution in [-0.2, 0) is 13.0 Å². The molecule has 2 nitrogen and oxygen atoms in total. The van der Waals surface area contributed by atoms with Crippen LogP contribution in [0, 0.1) is 0 Å². The number of rotatable bonds is 6. The topological polar surface area (TPSA) is 17.8 Å². The monoisotopic (exact) mass is 332 g/mol. The molecule has 118 valence electrons. The number of hydrogen-bond donors (Lipinski definition) is 0. The van der Waals surface area contributed by atoms with E-state index in [1.807, 2.05) is 12.5 Å². The summed E-state index contributed by atoms with van der Waals surface area (Å²) in [6.45, 7) is 5.57. The van der Waals surface area contributed by atoms with E-state index >= 15 is 0 Å². The highest BCUT2D eigenvalue weighted by Crippen LogP contribution is 2.48. The van der Waals surface area contributed by atoms with Crippen LogP contribution in [0.25, 0.3) is 0 Å². The Kier molecular flexibility index (Phi) is 5.19. The average Bonchev–Trinajstić information content (AvgIpc) is 3.18. The molecule has 1 aromatic carbocycles. The van der Waals surface area contributed by atoms with Gasteiger partial charge in [0, 0.05) is 30.4 Å². The minimum Gasteiger partial charge on any atom is -0.337 e. The number of hydrogen-bond acceptors (Lipinski definition) is 3. The van der Waals surface area contributed by atoms with Crippen molar-refractivity contribution in [3.8, 4) is 0 Å². The predicted molar refractivity (Wildman–Crippen MR) is 98.7 cm³/mol. The van der Waals surface area contributed by atoms with Gasteiger partial charge in [-0.1, -0.05) is 38.1 Å². The zero-order valence-corrected chi connectivity index (χ0v) is 15.0. The molecule has 2 heterocycles. The molecular weight excluding hydrogens is 308 g/mol. The maximum absolute atomic E-state index is 4.15. The van der Waals surface area contributed by atoms with Gasteiger partial charge < -0.3 is 4.57 Å². The van der Waals surface area contributed by atoms with E-state index in [4.69, 9.17) is 0 Å². The highest BCUT2D eigenvalue weighted by Gasteiger charge is 2.35. The normalized spacial score (nSPS) is 17.2. The molecule has 22 heavy (non-hydrogen) atoms. The van der Waals surface area contributed by atoms with Gasteiger partial charge in [-0.3, -0.25) is 0 Å². The molecule has 0 unspecified atom stereocenters. The second-order valence-corrected chi connectivity index (χ2v) is 9.45. The molecule has 1 aliphatic heterocycles. The van der Waals surface area contributed by atoms with E-state index in [-0.39, 0.29) is 0 Å². The summed E-state index contributed by atoms with van der Waals surface area (Å²) < 4.78 is 2.53. The van der Waals surface area contributed by atoms with E-state index in [9.17, 15) is 0 Å². The Morgan fingerprint density at radius 1 is 1.18 bits per heavy atom. The van der Waals surface area contributed by atoms with Crippen LogP contribution in [0.3, 0.4) is 0 Å². The van der Waals surface area contributed by atoms with Crippen molar-refractivity contribution in [3.63, 3.8) is 0 Å². The van der Waals surface area contributed by atoms with Gasteiger partial charge in [-0.25, -0.2) is 4.98 Å². The lowest BCUT2D eigenvalue weighted by Gasteiger charge is -2.28. The minimum absolute atomic E-state index is 0.337. The van der Waals surface area contributed by atoms with Crippen molar-refractivity contribution in [1.82, 2.24) is 9.55 Å². The van der Waals surface area contributed by atoms with Gasteiger partial charge in [0.25, 0.3) is 0 Å². The maximum Gasteiger partial charge on any atom is 0.0945 e. The number of aromatic nitrogens is 2. The molecule has 4 heteroatoms.